The van der Waals surface area contributed by atoms with Crippen LogP contribution in [0.3, 0.4) is 0 Å². The number of rotatable bonds is 8. The second kappa shape index (κ2) is 17.4. The molecule has 15 aromatic rings. The van der Waals surface area contributed by atoms with Gasteiger partial charge in [-0.2, -0.15) is 0 Å². The fourth-order valence-corrected chi connectivity index (χ4v) is 12.2. The van der Waals surface area contributed by atoms with E-state index in [0.717, 1.165) is 72.0 Å². The van der Waals surface area contributed by atoms with Gasteiger partial charge in [-0.1, -0.05) is 249 Å². The number of fused-ring (bicyclic) bond motifs is 9. The molecule has 0 bridgehead atoms. The Bertz CT molecular complexity index is 4640. The monoisotopic (exact) mass is 953 g/mol. The molecule has 0 fully saturated rings. The van der Waals surface area contributed by atoms with Crippen LogP contribution in [0.15, 0.2) is 267 Å². The summed E-state index contributed by atoms with van der Waals surface area (Å²) in [6.07, 6.45) is 0. The maximum atomic E-state index is 4.18. The molecule has 0 amide bonds. The van der Waals surface area contributed by atoms with Gasteiger partial charge in [0.2, 0.25) is 0 Å². The van der Waals surface area contributed by atoms with Crippen molar-refractivity contribution in [2.75, 3.05) is 0 Å². The molecule has 12 aromatic carbocycles. The van der Waals surface area contributed by atoms with E-state index in [1.54, 1.807) is 0 Å². The van der Waals surface area contributed by atoms with Gasteiger partial charge in [0.15, 0.2) is 0 Å². The number of benzene rings is 12. The van der Waals surface area contributed by atoms with Crippen LogP contribution in [0.2, 0.25) is 0 Å². The van der Waals surface area contributed by atoms with Crippen LogP contribution >= 0.6 is 0 Å². The standard InChI is InChI=1S/C72H47N3/c1-5-19-45(20-6-1)53-43-44-62-68(63(53)48-21-7-2-8-22-48)69-66(51-39-35-46(36-40-51)54-29-17-31-58-56-27-13-15-33-60(56)73-70(54)58)64(49-23-9-3-10-24-49)65(50-25-11-4-12-26-50)67(72(69)75-62)52-41-37-47(38-42-52)55-30-18-32-59-57-28-14-16-34-61(57)74-71(55)59/h1-44,73-75H. The number of H-pyrrole nitrogens is 3. The molecule has 3 aromatic heterocycles. The number of hydrogen-bond donors (Lipinski definition) is 3. The van der Waals surface area contributed by atoms with E-state index in [-0.39, 0.29) is 0 Å². The molecular weight excluding hydrogens is 907 g/mol. The molecule has 0 aliphatic rings. The molecule has 0 aliphatic heterocycles. The summed E-state index contributed by atoms with van der Waals surface area (Å²) < 4.78 is 0. The number of nitrogens with one attached hydrogen (secondary N) is 3. The van der Waals surface area contributed by atoms with Crippen LogP contribution in [0.1, 0.15) is 0 Å². The second-order valence-electron chi connectivity index (χ2n) is 19.7. The fraction of sp³-hybridized carbons (Fsp3) is 0. The normalized spacial score (nSPS) is 11.7. The van der Waals surface area contributed by atoms with Crippen LogP contribution in [0, 0.1) is 0 Å². The van der Waals surface area contributed by atoms with E-state index in [2.05, 4.69) is 282 Å². The van der Waals surface area contributed by atoms with E-state index >= 15 is 0 Å². The summed E-state index contributed by atoms with van der Waals surface area (Å²) in [6, 6.07) is 97.7. The Morgan fingerprint density at radius 1 is 0.173 bits per heavy atom. The maximum Gasteiger partial charge on any atom is 0.0557 e. The fourth-order valence-electron chi connectivity index (χ4n) is 12.2. The molecule has 3 N–H and O–H groups in total. The highest BCUT2D eigenvalue weighted by molar-refractivity contribution is 6.29. The third-order valence-corrected chi connectivity index (χ3v) is 15.5. The Hall–Kier alpha value is -9.96. The van der Waals surface area contributed by atoms with Gasteiger partial charge in [-0.25, -0.2) is 0 Å². The first kappa shape index (κ1) is 42.7. The SMILES string of the molecule is c1ccc(-c2ccc3[nH]c4c(-c5ccc(-c6cccc7c6[nH]c6ccccc67)cc5)c(-c5ccccc5)c(-c5ccccc5)c(-c5ccc(-c6cccc7c6[nH]c6ccccc67)cc5)c4c3c2-c2ccccc2)cc1. The Morgan fingerprint density at radius 3 is 1.04 bits per heavy atom. The lowest BCUT2D eigenvalue weighted by Gasteiger charge is -2.23. The van der Waals surface area contributed by atoms with Crippen LogP contribution in [-0.2, 0) is 0 Å². The van der Waals surface area contributed by atoms with Crippen LogP contribution in [0.4, 0.5) is 0 Å². The topological polar surface area (TPSA) is 47.4 Å². The quantitative estimate of drug-likeness (QED) is 0.136. The zero-order chi connectivity index (χ0) is 49.4. The van der Waals surface area contributed by atoms with Crippen molar-refractivity contribution in [3.8, 4) is 89.0 Å². The smallest absolute Gasteiger partial charge is 0.0557 e. The van der Waals surface area contributed by atoms with Crippen molar-refractivity contribution in [3.63, 3.8) is 0 Å². The first-order chi connectivity index (χ1) is 37.2. The van der Waals surface area contributed by atoms with E-state index in [4.69, 9.17) is 0 Å². The van der Waals surface area contributed by atoms with Gasteiger partial charge < -0.3 is 15.0 Å². The zero-order valence-corrected chi connectivity index (χ0v) is 40.9. The van der Waals surface area contributed by atoms with E-state index in [0.29, 0.717) is 0 Å². The number of aromatic nitrogens is 3. The van der Waals surface area contributed by atoms with Crippen molar-refractivity contribution in [2.24, 2.45) is 0 Å². The molecule has 0 saturated carbocycles. The molecule has 0 radical (unpaired) electrons. The largest absolute Gasteiger partial charge is 0.354 e. The Kier molecular flexibility index (Phi) is 9.89. The summed E-state index contributed by atoms with van der Waals surface area (Å²) in [5.41, 5.74) is 25.5. The Morgan fingerprint density at radius 2 is 0.533 bits per heavy atom. The van der Waals surface area contributed by atoms with Crippen LogP contribution in [0.25, 0.3) is 154 Å². The predicted molar refractivity (Wildman–Crippen MR) is 318 cm³/mol. The molecule has 0 saturated heterocycles. The highest BCUT2D eigenvalue weighted by atomic mass is 14.7. The second-order valence-corrected chi connectivity index (χ2v) is 19.7. The third kappa shape index (κ3) is 6.90. The van der Waals surface area contributed by atoms with Crippen molar-refractivity contribution in [2.45, 2.75) is 0 Å². The molecule has 0 atom stereocenters. The number of hydrogen-bond acceptors (Lipinski definition) is 0. The lowest BCUT2D eigenvalue weighted by atomic mass is 9.79. The molecule has 3 heterocycles. The zero-order valence-electron chi connectivity index (χ0n) is 40.9. The molecule has 350 valence electrons. The number of para-hydroxylation sites is 4. The minimum atomic E-state index is 1.08. The highest BCUT2D eigenvalue weighted by Crippen LogP contribution is 2.55. The molecule has 0 unspecified atom stereocenters. The van der Waals surface area contributed by atoms with Crippen molar-refractivity contribution in [1.82, 2.24) is 15.0 Å². The molecule has 3 nitrogen and oxygen atoms in total. The van der Waals surface area contributed by atoms with Crippen molar-refractivity contribution in [1.29, 1.82) is 0 Å². The highest BCUT2D eigenvalue weighted by Gasteiger charge is 2.29. The van der Waals surface area contributed by atoms with E-state index in [1.165, 1.54) is 82.4 Å². The maximum absolute atomic E-state index is 4.18. The van der Waals surface area contributed by atoms with Crippen molar-refractivity contribution >= 4 is 65.4 Å². The molecule has 0 spiro atoms. The molecule has 75 heavy (non-hydrogen) atoms. The van der Waals surface area contributed by atoms with E-state index < -0.39 is 0 Å². The van der Waals surface area contributed by atoms with Gasteiger partial charge in [0.05, 0.1) is 16.6 Å². The minimum absolute atomic E-state index is 1.08. The van der Waals surface area contributed by atoms with Gasteiger partial charge in [0.25, 0.3) is 0 Å². The summed E-state index contributed by atoms with van der Waals surface area (Å²) >= 11 is 0. The van der Waals surface area contributed by atoms with Crippen molar-refractivity contribution < 1.29 is 0 Å². The summed E-state index contributed by atoms with van der Waals surface area (Å²) in [7, 11) is 0. The Labute approximate surface area is 434 Å². The van der Waals surface area contributed by atoms with E-state index in [1.807, 2.05) is 0 Å². The summed E-state index contributed by atoms with van der Waals surface area (Å²) in [5, 5.41) is 7.31. The number of aromatic amines is 3. The molecule has 3 heteroatoms. The van der Waals surface area contributed by atoms with Gasteiger partial charge in [-0.05, 0) is 79.4 Å². The lowest BCUT2D eigenvalue weighted by molar-refractivity contribution is 1.51. The molecule has 15 rings (SSSR count). The lowest BCUT2D eigenvalue weighted by Crippen LogP contribution is -1.97. The summed E-state index contributed by atoms with van der Waals surface area (Å²) in [5.74, 6) is 0. The van der Waals surface area contributed by atoms with Gasteiger partial charge >= 0.3 is 0 Å². The Balaban J connectivity index is 1.06. The predicted octanol–water partition coefficient (Wildman–Crippen LogP) is 19.9. The first-order valence-corrected chi connectivity index (χ1v) is 25.8. The van der Waals surface area contributed by atoms with Crippen molar-refractivity contribution in [3.05, 3.63) is 267 Å². The van der Waals surface area contributed by atoms with Crippen LogP contribution < -0.4 is 0 Å². The average molecular weight is 954 g/mol. The average Bonchev–Trinajstić information content (AvgIpc) is 4.23. The molecular formula is C72H47N3. The van der Waals surface area contributed by atoms with Crippen LogP contribution in [-0.4, -0.2) is 15.0 Å². The van der Waals surface area contributed by atoms with Gasteiger partial charge in [-0.3, -0.25) is 0 Å². The van der Waals surface area contributed by atoms with Gasteiger partial charge in [0, 0.05) is 76.7 Å². The first-order valence-electron chi connectivity index (χ1n) is 25.8. The van der Waals surface area contributed by atoms with Gasteiger partial charge in [0.1, 0.15) is 0 Å². The molecule has 0 aliphatic carbocycles. The van der Waals surface area contributed by atoms with Crippen LogP contribution in [0.5, 0.6) is 0 Å². The van der Waals surface area contributed by atoms with Gasteiger partial charge in [-0.15, -0.1) is 0 Å². The summed E-state index contributed by atoms with van der Waals surface area (Å²) in [6.45, 7) is 0. The third-order valence-electron chi connectivity index (χ3n) is 15.5. The van der Waals surface area contributed by atoms with E-state index in [9.17, 15) is 0 Å². The minimum Gasteiger partial charge on any atom is -0.354 e. The summed E-state index contributed by atoms with van der Waals surface area (Å²) in [4.78, 5) is 11.7.